The molecule has 0 unspecified atom stereocenters. The van der Waals surface area contributed by atoms with Crippen molar-refractivity contribution in [2.45, 2.75) is 13.0 Å². The monoisotopic (exact) mass is 397 g/mol. The molecular weight excluding hydrogens is 382 g/mol. The molecule has 4 aromatic heterocycles. The topological polar surface area (TPSA) is 128 Å². The van der Waals surface area contributed by atoms with Crippen molar-refractivity contribution in [3.05, 3.63) is 57.1 Å². The van der Waals surface area contributed by atoms with E-state index in [9.17, 15) is 14.4 Å². The zero-order valence-electron chi connectivity index (χ0n) is 14.9. The molecule has 4 heterocycles. The predicted molar refractivity (Wildman–Crippen MR) is 104 cm³/mol. The highest BCUT2D eigenvalue weighted by Crippen LogP contribution is 2.22. The van der Waals surface area contributed by atoms with Crippen molar-refractivity contribution in [3.63, 3.8) is 0 Å². The molecule has 0 fully saturated rings. The van der Waals surface area contributed by atoms with Crippen LogP contribution in [-0.4, -0.2) is 35.0 Å². The molecule has 1 atom stereocenters. The van der Waals surface area contributed by atoms with Gasteiger partial charge in [-0.25, -0.2) is 19.7 Å². The van der Waals surface area contributed by atoms with Crippen LogP contribution in [0.5, 0.6) is 0 Å². The molecule has 0 radical (unpaired) electrons. The molecule has 4 aromatic rings. The molecule has 0 aliphatic carbocycles. The number of imidazole rings is 1. The van der Waals surface area contributed by atoms with Gasteiger partial charge < -0.3 is 9.88 Å². The predicted octanol–water partition coefficient (Wildman–Crippen LogP) is 1.14. The minimum atomic E-state index is -0.746. The molecule has 28 heavy (non-hydrogen) atoms. The number of aromatic amines is 1. The maximum Gasteiger partial charge on any atom is 0.329 e. The summed E-state index contributed by atoms with van der Waals surface area (Å²) in [4.78, 5) is 51.7. The van der Waals surface area contributed by atoms with E-state index in [0.717, 1.165) is 15.1 Å². The van der Waals surface area contributed by atoms with Crippen LogP contribution in [0.4, 0.5) is 5.82 Å². The Morgan fingerprint density at radius 1 is 1.25 bits per heavy atom. The van der Waals surface area contributed by atoms with Crippen molar-refractivity contribution in [1.29, 1.82) is 0 Å². The first-order valence-corrected chi connectivity index (χ1v) is 9.16. The lowest BCUT2D eigenvalue weighted by Crippen LogP contribution is -2.34. The van der Waals surface area contributed by atoms with Gasteiger partial charge in [0.05, 0.1) is 6.33 Å². The summed E-state index contributed by atoms with van der Waals surface area (Å²) >= 11 is 1.50. The van der Waals surface area contributed by atoms with E-state index in [0.29, 0.717) is 5.82 Å². The van der Waals surface area contributed by atoms with Gasteiger partial charge in [-0.15, -0.1) is 11.3 Å². The number of nitrogens with one attached hydrogen (secondary N) is 2. The standard InChI is InChI=1S/C17H15N7O3S/c1-9(24-8-20-13-12(24)16(26)23(2)17(27)22-13)14(25)21-11-4-3-10(7-19-11)15-18-5-6-28-15/h3-9H,1-2H3,(H,22,27)(H,19,21,25)/t9-/m1/s1. The molecule has 0 aliphatic rings. The Hall–Kier alpha value is -3.60. The van der Waals surface area contributed by atoms with Crippen molar-refractivity contribution in [3.8, 4) is 10.6 Å². The molecule has 11 heteroatoms. The maximum absolute atomic E-state index is 12.6. The van der Waals surface area contributed by atoms with Gasteiger partial charge in [-0.2, -0.15) is 0 Å². The van der Waals surface area contributed by atoms with Crippen molar-refractivity contribution in [2.75, 3.05) is 5.32 Å². The van der Waals surface area contributed by atoms with Crippen LogP contribution in [0, 0.1) is 0 Å². The summed E-state index contributed by atoms with van der Waals surface area (Å²) in [6, 6.07) is 2.76. The molecule has 1 amide bonds. The van der Waals surface area contributed by atoms with Gasteiger partial charge in [0.25, 0.3) is 5.56 Å². The highest BCUT2D eigenvalue weighted by molar-refractivity contribution is 7.13. The van der Waals surface area contributed by atoms with Gasteiger partial charge in [0.15, 0.2) is 11.2 Å². The van der Waals surface area contributed by atoms with Gasteiger partial charge in [0, 0.05) is 30.4 Å². The van der Waals surface area contributed by atoms with Crippen LogP contribution in [0.3, 0.4) is 0 Å². The molecule has 0 spiro atoms. The Bertz CT molecular complexity index is 1270. The van der Waals surface area contributed by atoms with Gasteiger partial charge in [-0.1, -0.05) is 0 Å². The molecule has 4 rings (SSSR count). The Kier molecular flexibility index (Phi) is 4.35. The Balaban J connectivity index is 1.59. The quantitative estimate of drug-likeness (QED) is 0.532. The zero-order chi connectivity index (χ0) is 19.8. The number of carbonyl (C=O) groups is 1. The number of fused-ring (bicyclic) bond motifs is 1. The Morgan fingerprint density at radius 3 is 2.75 bits per heavy atom. The van der Waals surface area contributed by atoms with Crippen molar-refractivity contribution in [1.82, 2.24) is 29.1 Å². The van der Waals surface area contributed by atoms with E-state index in [1.807, 2.05) is 11.4 Å². The van der Waals surface area contributed by atoms with Crippen LogP contribution < -0.4 is 16.6 Å². The number of hydrogen-bond donors (Lipinski definition) is 2. The lowest BCUT2D eigenvalue weighted by atomic mass is 10.2. The molecule has 0 aromatic carbocycles. The normalized spacial score (nSPS) is 12.2. The first-order valence-electron chi connectivity index (χ1n) is 8.28. The fraction of sp³-hybridized carbons (Fsp3) is 0.176. The van der Waals surface area contributed by atoms with Crippen molar-refractivity contribution in [2.24, 2.45) is 7.05 Å². The van der Waals surface area contributed by atoms with Crippen molar-refractivity contribution >= 4 is 34.2 Å². The molecule has 142 valence electrons. The second-order valence-corrected chi connectivity index (χ2v) is 6.97. The third-order valence-electron chi connectivity index (χ3n) is 4.32. The summed E-state index contributed by atoms with van der Waals surface area (Å²) in [5.41, 5.74) is 0.0517. The number of pyridine rings is 1. The third-order valence-corrected chi connectivity index (χ3v) is 5.14. The van der Waals surface area contributed by atoms with Crippen LogP contribution in [-0.2, 0) is 11.8 Å². The highest BCUT2D eigenvalue weighted by Gasteiger charge is 2.21. The van der Waals surface area contributed by atoms with E-state index in [-0.39, 0.29) is 17.1 Å². The number of hydrogen-bond acceptors (Lipinski definition) is 7. The van der Waals surface area contributed by atoms with E-state index < -0.39 is 17.3 Å². The summed E-state index contributed by atoms with van der Waals surface area (Å²) < 4.78 is 2.36. The smallest absolute Gasteiger partial charge is 0.312 e. The Labute approximate surface area is 161 Å². The molecule has 2 N–H and O–H groups in total. The summed E-state index contributed by atoms with van der Waals surface area (Å²) in [6.45, 7) is 1.63. The minimum Gasteiger partial charge on any atom is -0.312 e. The molecule has 0 aliphatic heterocycles. The lowest BCUT2D eigenvalue weighted by molar-refractivity contribution is -0.118. The summed E-state index contributed by atoms with van der Waals surface area (Å²) in [5.74, 6) is 0.00457. The van der Waals surface area contributed by atoms with Crippen LogP contribution >= 0.6 is 11.3 Å². The van der Waals surface area contributed by atoms with E-state index >= 15 is 0 Å². The van der Waals surface area contributed by atoms with Crippen LogP contribution in [0.2, 0.25) is 0 Å². The zero-order valence-corrected chi connectivity index (χ0v) is 15.7. The average molecular weight is 397 g/mol. The second-order valence-electron chi connectivity index (χ2n) is 6.08. The van der Waals surface area contributed by atoms with Gasteiger partial charge in [0.1, 0.15) is 16.9 Å². The molecule has 0 bridgehead atoms. The number of H-pyrrole nitrogens is 1. The second kappa shape index (κ2) is 6.85. The first kappa shape index (κ1) is 17.8. The fourth-order valence-electron chi connectivity index (χ4n) is 2.71. The Morgan fingerprint density at radius 2 is 2.07 bits per heavy atom. The first-order chi connectivity index (χ1) is 13.5. The van der Waals surface area contributed by atoms with Crippen molar-refractivity contribution < 1.29 is 4.79 Å². The largest absolute Gasteiger partial charge is 0.329 e. The van der Waals surface area contributed by atoms with Crippen LogP contribution in [0.15, 0.2) is 45.8 Å². The number of rotatable bonds is 4. The SMILES string of the molecule is C[C@H](C(=O)Nc1ccc(-c2nccs2)cn1)n1cnc2[nH]c(=O)n(C)c(=O)c21. The molecule has 10 nitrogen and oxygen atoms in total. The summed E-state index contributed by atoms with van der Waals surface area (Å²) in [7, 11) is 1.36. The van der Waals surface area contributed by atoms with Crippen LogP contribution in [0.25, 0.3) is 21.7 Å². The summed E-state index contributed by atoms with van der Waals surface area (Å²) in [5, 5.41) is 5.43. The average Bonchev–Trinajstić information content (AvgIpc) is 3.36. The van der Waals surface area contributed by atoms with Gasteiger partial charge in [-0.3, -0.25) is 19.1 Å². The van der Waals surface area contributed by atoms with E-state index in [4.69, 9.17) is 0 Å². The summed E-state index contributed by atoms with van der Waals surface area (Å²) in [6.07, 6.45) is 4.70. The number of carbonyl (C=O) groups excluding carboxylic acids is 1. The van der Waals surface area contributed by atoms with E-state index in [1.165, 1.54) is 29.3 Å². The highest BCUT2D eigenvalue weighted by atomic mass is 32.1. The number of anilines is 1. The number of thiazole rings is 1. The minimum absolute atomic E-state index is 0.138. The molecule has 0 saturated carbocycles. The number of nitrogens with zero attached hydrogens (tertiary/aromatic N) is 5. The fourth-order valence-corrected chi connectivity index (χ4v) is 3.34. The lowest BCUT2D eigenvalue weighted by Gasteiger charge is -2.14. The van der Waals surface area contributed by atoms with Gasteiger partial charge in [-0.05, 0) is 19.1 Å². The van der Waals surface area contributed by atoms with E-state index in [1.54, 1.807) is 25.4 Å². The van der Waals surface area contributed by atoms with Gasteiger partial charge >= 0.3 is 5.69 Å². The molecular formula is C17H15N7O3S. The molecule has 0 saturated heterocycles. The van der Waals surface area contributed by atoms with E-state index in [2.05, 4.69) is 25.3 Å². The number of amides is 1. The van der Waals surface area contributed by atoms with Crippen LogP contribution in [0.1, 0.15) is 13.0 Å². The van der Waals surface area contributed by atoms with Gasteiger partial charge in [0.2, 0.25) is 5.91 Å². The third kappa shape index (κ3) is 3.01. The maximum atomic E-state index is 12.6. The number of aromatic nitrogens is 6.